The van der Waals surface area contributed by atoms with Gasteiger partial charge in [-0.25, -0.2) is 22.3 Å². The number of hydrogen-bond acceptors (Lipinski definition) is 5. The van der Waals surface area contributed by atoms with Crippen LogP contribution in [-0.4, -0.2) is 59.2 Å². The van der Waals surface area contributed by atoms with Crippen LogP contribution in [-0.2, 0) is 28.2 Å². The van der Waals surface area contributed by atoms with Crippen molar-refractivity contribution in [1.29, 1.82) is 0 Å². The van der Waals surface area contributed by atoms with Gasteiger partial charge in [-0.05, 0) is 63.6 Å². The lowest BCUT2D eigenvalue weighted by atomic mass is 9.67. The summed E-state index contributed by atoms with van der Waals surface area (Å²) >= 11 is 0. The Morgan fingerprint density at radius 2 is 1.97 bits per heavy atom. The number of sulfonamides is 1. The van der Waals surface area contributed by atoms with E-state index in [1.54, 1.807) is 67.9 Å². The third kappa shape index (κ3) is 5.06. The van der Waals surface area contributed by atoms with Gasteiger partial charge in [0.1, 0.15) is 11.4 Å². The lowest BCUT2D eigenvalue weighted by molar-refractivity contribution is -0.0652. The van der Waals surface area contributed by atoms with Gasteiger partial charge in [0.05, 0.1) is 18.0 Å². The number of aromatic nitrogens is 2. The quantitative estimate of drug-likeness (QED) is 0.713. The molecule has 8 nitrogen and oxygen atoms in total. The van der Waals surface area contributed by atoms with Crippen molar-refractivity contribution >= 4 is 16.1 Å². The van der Waals surface area contributed by atoms with E-state index in [9.17, 15) is 13.2 Å². The molecule has 33 heavy (non-hydrogen) atoms. The predicted molar refractivity (Wildman–Crippen MR) is 122 cm³/mol. The highest BCUT2D eigenvalue weighted by atomic mass is 32.2. The fourth-order valence-electron chi connectivity index (χ4n) is 4.87. The van der Waals surface area contributed by atoms with Crippen LogP contribution in [0.15, 0.2) is 30.5 Å². The highest BCUT2D eigenvalue weighted by molar-refractivity contribution is 7.88. The molecule has 2 bridgehead atoms. The zero-order chi connectivity index (χ0) is 24.1. The van der Waals surface area contributed by atoms with Crippen molar-refractivity contribution in [3.05, 3.63) is 41.8 Å². The van der Waals surface area contributed by atoms with Gasteiger partial charge in [-0.15, -0.1) is 0 Å². The summed E-state index contributed by atoms with van der Waals surface area (Å²) in [6, 6.07) is 5.69. The van der Waals surface area contributed by atoms with Crippen LogP contribution in [0, 0.1) is 11.7 Å². The predicted octanol–water partition coefficient (Wildman–Crippen LogP) is 3.08. The number of amides is 1. The largest absolute Gasteiger partial charge is 0.444 e. The van der Waals surface area contributed by atoms with Gasteiger partial charge in [-0.3, -0.25) is 4.68 Å². The number of halogens is 1. The summed E-state index contributed by atoms with van der Waals surface area (Å²) in [7, 11) is -1.77. The van der Waals surface area contributed by atoms with Crippen LogP contribution in [0.5, 0.6) is 0 Å². The highest BCUT2D eigenvalue weighted by Gasteiger charge is 2.54. The van der Waals surface area contributed by atoms with Gasteiger partial charge in [-0.1, -0.05) is 12.1 Å². The molecular weight excluding hydrogens is 447 g/mol. The fraction of sp³-hybridized carbons (Fsp3) is 0.565. The van der Waals surface area contributed by atoms with Crippen molar-refractivity contribution in [1.82, 2.24) is 19.4 Å². The Kier molecular flexibility index (Phi) is 6.03. The first kappa shape index (κ1) is 23.7. The van der Waals surface area contributed by atoms with E-state index in [1.165, 1.54) is 0 Å². The Balaban J connectivity index is 1.70. The summed E-state index contributed by atoms with van der Waals surface area (Å²) in [5.41, 5.74) is 0.577. The molecule has 180 valence electrons. The van der Waals surface area contributed by atoms with E-state index in [0.29, 0.717) is 29.7 Å². The second-order valence-corrected chi connectivity index (χ2v) is 11.9. The van der Waals surface area contributed by atoms with Gasteiger partial charge in [0.25, 0.3) is 0 Å². The van der Waals surface area contributed by atoms with Crippen LogP contribution in [0.4, 0.5) is 9.18 Å². The summed E-state index contributed by atoms with van der Waals surface area (Å²) in [5, 5.41) is 4.30. The number of carbonyl (C=O) groups excluding carboxylic acids is 1. The molecule has 0 spiro atoms. The molecule has 0 unspecified atom stereocenters. The first-order valence-corrected chi connectivity index (χ1v) is 13.0. The van der Waals surface area contributed by atoms with E-state index >= 15 is 4.39 Å². The van der Waals surface area contributed by atoms with Gasteiger partial charge < -0.3 is 9.64 Å². The number of benzene rings is 1. The Bertz CT molecular complexity index is 1150. The normalized spacial score (nSPS) is 25.0. The summed E-state index contributed by atoms with van der Waals surface area (Å²) in [6.07, 6.45) is 3.89. The number of hydrogen-bond donors (Lipinski definition) is 1. The topological polar surface area (TPSA) is 93.5 Å². The molecule has 3 heterocycles. The summed E-state index contributed by atoms with van der Waals surface area (Å²) < 4.78 is 49.8. The van der Waals surface area contributed by atoms with Crippen LogP contribution >= 0.6 is 0 Å². The second-order valence-electron chi connectivity index (χ2n) is 10.1. The summed E-state index contributed by atoms with van der Waals surface area (Å²) in [6.45, 7) is 5.36. The number of aryl methyl sites for hydroxylation is 1. The summed E-state index contributed by atoms with van der Waals surface area (Å²) in [4.78, 5) is 14.8. The van der Waals surface area contributed by atoms with E-state index < -0.39 is 39.6 Å². The molecule has 3 aliphatic rings. The smallest absolute Gasteiger partial charge is 0.410 e. The number of rotatable bonds is 5. The molecule has 2 aliphatic heterocycles. The zero-order valence-corrected chi connectivity index (χ0v) is 20.4. The first-order chi connectivity index (χ1) is 15.3. The van der Waals surface area contributed by atoms with Crippen molar-refractivity contribution < 1.29 is 22.3 Å². The Morgan fingerprint density at radius 3 is 2.55 bits per heavy atom. The van der Waals surface area contributed by atoms with Gasteiger partial charge >= 0.3 is 6.09 Å². The molecule has 2 saturated heterocycles. The molecule has 1 aromatic heterocycles. The third-order valence-corrected chi connectivity index (χ3v) is 6.97. The molecule has 1 saturated carbocycles. The lowest BCUT2D eigenvalue weighted by Gasteiger charge is -2.57. The maximum Gasteiger partial charge on any atom is 0.410 e. The maximum atomic E-state index is 15.6. The fourth-order valence-corrected chi connectivity index (χ4v) is 5.72. The van der Waals surface area contributed by atoms with Crippen molar-refractivity contribution in [3.8, 4) is 11.3 Å². The summed E-state index contributed by atoms with van der Waals surface area (Å²) in [5.74, 6) is -0.326. The molecule has 1 aromatic carbocycles. The molecule has 5 rings (SSSR count). The number of piperidine rings is 2. The van der Waals surface area contributed by atoms with Crippen molar-refractivity contribution in [2.45, 2.75) is 63.8 Å². The molecule has 10 heteroatoms. The van der Waals surface area contributed by atoms with E-state index in [4.69, 9.17) is 4.74 Å². The Morgan fingerprint density at radius 1 is 1.27 bits per heavy atom. The number of nitrogens with one attached hydrogen (secondary N) is 1. The zero-order valence-electron chi connectivity index (χ0n) is 19.6. The minimum absolute atomic E-state index is 0.0468. The number of carbonyl (C=O) groups is 1. The molecule has 3 fully saturated rings. The Hall–Kier alpha value is -2.46. The van der Waals surface area contributed by atoms with Crippen molar-refractivity contribution in [3.63, 3.8) is 0 Å². The number of ether oxygens (including phenoxy) is 1. The number of fused-ring (bicyclic) bond motifs is 2. The molecule has 1 amide bonds. The van der Waals surface area contributed by atoms with Crippen molar-refractivity contribution in [2.24, 2.45) is 13.0 Å². The standard InChI is InChI=1S/C23H31FN4O4S/c1-23(2,3)32-22(29)28-16-11-15(12-16)21(26-33(5,30)31)19(28)13-14-7-6-8-17(20(14)24)18-9-10-27(4)25-18/h6-10,15-16,19,21,26H,11-13H2,1-5H3/t15?,16?,19-,21-/m0/s1. The van der Waals surface area contributed by atoms with Crippen LogP contribution < -0.4 is 4.72 Å². The van der Waals surface area contributed by atoms with Gasteiger partial charge in [0, 0.05) is 30.9 Å². The van der Waals surface area contributed by atoms with E-state index in [2.05, 4.69) is 9.82 Å². The first-order valence-electron chi connectivity index (χ1n) is 11.1. The average molecular weight is 479 g/mol. The molecule has 2 atom stereocenters. The monoisotopic (exact) mass is 478 g/mol. The van der Waals surface area contributed by atoms with E-state index in [-0.39, 0.29) is 18.4 Å². The van der Waals surface area contributed by atoms with E-state index in [1.807, 2.05) is 0 Å². The highest BCUT2D eigenvalue weighted by Crippen LogP contribution is 2.45. The van der Waals surface area contributed by atoms with Crippen LogP contribution in [0.1, 0.15) is 39.2 Å². The van der Waals surface area contributed by atoms with Crippen LogP contribution in [0.25, 0.3) is 11.3 Å². The van der Waals surface area contributed by atoms with Crippen LogP contribution in [0.3, 0.4) is 0 Å². The minimum Gasteiger partial charge on any atom is -0.444 e. The molecule has 2 aromatic rings. The van der Waals surface area contributed by atoms with E-state index in [0.717, 1.165) is 6.26 Å². The van der Waals surface area contributed by atoms with Gasteiger partial charge in [0.2, 0.25) is 10.0 Å². The van der Waals surface area contributed by atoms with Gasteiger partial charge in [0.15, 0.2) is 0 Å². The number of nitrogens with zero attached hydrogens (tertiary/aromatic N) is 3. The van der Waals surface area contributed by atoms with Gasteiger partial charge in [-0.2, -0.15) is 5.10 Å². The molecule has 1 N–H and O–H groups in total. The van der Waals surface area contributed by atoms with Crippen molar-refractivity contribution in [2.75, 3.05) is 6.26 Å². The molecule has 1 aliphatic carbocycles. The molecule has 0 radical (unpaired) electrons. The lowest BCUT2D eigenvalue weighted by Crippen LogP contribution is -2.70. The second kappa shape index (κ2) is 8.39. The van der Waals surface area contributed by atoms with Crippen LogP contribution in [0.2, 0.25) is 0 Å². The maximum absolute atomic E-state index is 15.6. The molecular formula is C23H31FN4O4S. The average Bonchev–Trinajstić information content (AvgIpc) is 3.06. The minimum atomic E-state index is -3.54. The third-order valence-electron chi connectivity index (χ3n) is 6.27. The Labute approximate surface area is 194 Å². The SMILES string of the molecule is Cn1ccc(-c2cccc(C[C@H]3[C@@H](NS(C)(=O)=O)C4CC(C4)N3C(=O)OC(C)(C)C)c2F)n1.